The molecule has 10 heteroatoms. The van der Waals surface area contributed by atoms with E-state index in [1.807, 2.05) is 6.92 Å². The Kier molecular flexibility index (Phi) is 9.08. The van der Waals surface area contributed by atoms with Gasteiger partial charge in [0.15, 0.2) is 0 Å². The molecular formula is C24H33Cl2N5O3. The summed E-state index contributed by atoms with van der Waals surface area (Å²) in [6.45, 7) is 4.46. The van der Waals surface area contributed by atoms with Crippen molar-refractivity contribution in [2.45, 2.75) is 65.0 Å². The summed E-state index contributed by atoms with van der Waals surface area (Å²) in [6.07, 6.45) is 8.35. The lowest BCUT2D eigenvalue weighted by Crippen LogP contribution is -2.52. The van der Waals surface area contributed by atoms with Crippen LogP contribution in [0.4, 0.5) is 22.2 Å². The first-order chi connectivity index (χ1) is 16.4. The summed E-state index contributed by atoms with van der Waals surface area (Å²) >= 11 is 13.3. The van der Waals surface area contributed by atoms with E-state index in [4.69, 9.17) is 32.7 Å². The van der Waals surface area contributed by atoms with Crippen LogP contribution < -0.4 is 24.6 Å². The number of halogens is 2. The van der Waals surface area contributed by atoms with E-state index < -0.39 is 0 Å². The van der Waals surface area contributed by atoms with Crippen LogP contribution in [0.3, 0.4) is 0 Å². The summed E-state index contributed by atoms with van der Waals surface area (Å²) in [6, 6.07) is 1.27. The smallest absolute Gasteiger partial charge is 0.330 e. The van der Waals surface area contributed by atoms with Crippen molar-refractivity contribution in [1.29, 1.82) is 0 Å². The normalized spacial score (nSPS) is 14.1. The van der Waals surface area contributed by atoms with Gasteiger partial charge in [0.2, 0.25) is 5.95 Å². The maximum Gasteiger partial charge on any atom is 0.330 e. The van der Waals surface area contributed by atoms with E-state index in [1.165, 1.54) is 33.5 Å². The number of anilines is 3. The molecule has 0 fully saturated rings. The van der Waals surface area contributed by atoms with Crippen molar-refractivity contribution < 1.29 is 14.3 Å². The number of carbonyl (C=O) groups is 1. The van der Waals surface area contributed by atoms with Gasteiger partial charge in [0.25, 0.3) is 0 Å². The van der Waals surface area contributed by atoms with Crippen LogP contribution in [0.1, 0.15) is 57.9 Å². The number of methoxy groups -OCH3 is 2. The van der Waals surface area contributed by atoms with Gasteiger partial charge in [-0.05, 0) is 13.3 Å². The average Bonchev–Trinajstić information content (AvgIpc) is 2.84. The van der Waals surface area contributed by atoms with Crippen LogP contribution in [0.2, 0.25) is 10.0 Å². The summed E-state index contributed by atoms with van der Waals surface area (Å²) in [7, 11) is 4.76. The van der Waals surface area contributed by atoms with Crippen molar-refractivity contribution in [2.75, 3.05) is 36.4 Å². The number of benzene rings is 1. The Morgan fingerprint density at radius 2 is 1.76 bits per heavy atom. The van der Waals surface area contributed by atoms with Crippen molar-refractivity contribution in [3.05, 3.63) is 27.9 Å². The van der Waals surface area contributed by atoms with Gasteiger partial charge in [0, 0.05) is 30.9 Å². The first kappa shape index (κ1) is 26.2. The Bertz CT molecular complexity index is 992. The molecular weight excluding hydrogens is 477 g/mol. The Balaban J connectivity index is 2.03. The van der Waals surface area contributed by atoms with Crippen molar-refractivity contribution in [3.8, 4) is 11.5 Å². The number of hydrogen-bond acceptors (Lipinski definition) is 6. The molecule has 0 aliphatic carbocycles. The maximum absolute atomic E-state index is 13.9. The number of hydrogen-bond donors (Lipinski definition) is 1. The number of fused-ring (bicyclic) bond motifs is 1. The molecule has 3 rings (SSSR count). The number of amides is 2. The SMILES string of the molecule is CCCCCCCC(C)N1C(=O)N(c2c(Cl)c(OC)cc(OC)c2Cl)Cc2cnc(NC)nc21. The first-order valence-electron chi connectivity index (χ1n) is 11.6. The molecule has 34 heavy (non-hydrogen) atoms. The van der Waals surface area contributed by atoms with Crippen molar-refractivity contribution >= 4 is 46.7 Å². The molecule has 2 amide bonds. The van der Waals surface area contributed by atoms with Gasteiger partial charge in [0.05, 0.1) is 26.5 Å². The second-order valence-electron chi connectivity index (χ2n) is 8.34. The first-order valence-corrected chi connectivity index (χ1v) is 12.4. The van der Waals surface area contributed by atoms with Crippen LogP contribution in [-0.2, 0) is 6.54 Å². The Morgan fingerprint density at radius 1 is 1.12 bits per heavy atom. The summed E-state index contributed by atoms with van der Waals surface area (Å²) < 4.78 is 10.8. The molecule has 2 aromatic rings. The predicted molar refractivity (Wildman–Crippen MR) is 138 cm³/mol. The molecule has 186 valence electrons. The zero-order valence-electron chi connectivity index (χ0n) is 20.5. The fourth-order valence-corrected chi connectivity index (χ4v) is 4.86. The van der Waals surface area contributed by atoms with Gasteiger partial charge in [-0.15, -0.1) is 0 Å². The Labute approximate surface area is 211 Å². The van der Waals surface area contributed by atoms with Gasteiger partial charge in [-0.1, -0.05) is 62.2 Å². The highest BCUT2D eigenvalue weighted by Gasteiger charge is 2.38. The number of nitrogens with zero attached hydrogens (tertiary/aromatic N) is 4. The lowest BCUT2D eigenvalue weighted by molar-refractivity contribution is 0.247. The molecule has 1 unspecified atom stereocenters. The number of urea groups is 1. The van der Waals surface area contributed by atoms with Crippen molar-refractivity contribution in [2.24, 2.45) is 0 Å². The topological polar surface area (TPSA) is 79.8 Å². The molecule has 2 heterocycles. The molecule has 1 atom stereocenters. The fourth-order valence-electron chi connectivity index (χ4n) is 4.15. The van der Waals surface area contributed by atoms with E-state index in [1.54, 1.807) is 29.1 Å². The van der Waals surface area contributed by atoms with E-state index in [-0.39, 0.29) is 28.7 Å². The molecule has 0 radical (unpaired) electrons. The van der Waals surface area contributed by atoms with Crippen LogP contribution in [0.25, 0.3) is 0 Å². The lowest BCUT2D eigenvalue weighted by Gasteiger charge is -2.40. The third kappa shape index (κ3) is 5.28. The van der Waals surface area contributed by atoms with Crippen LogP contribution >= 0.6 is 23.2 Å². The van der Waals surface area contributed by atoms with Crippen molar-refractivity contribution in [1.82, 2.24) is 9.97 Å². The zero-order valence-corrected chi connectivity index (χ0v) is 22.0. The molecule has 1 aliphatic rings. The molecule has 8 nitrogen and oxygen atoms in total. The molecule has 1 N–H and O–H groups in total. The predicted octanol–water partition coefficient (Wildman–Crippen LogP) is 6.54. The highest BCUT2D eigenvalue weighted by atomic mass is 35.5. The van der Waals surface area contributed by atoms with E-state index in [2.05, 4.69) is 22.2 Å². The summed E-state index contributed by atoms with van der Waals surface area (Å²) in [5.41, 5.74) is 1.14. The van der Waals surface area contributed by atoms with Gasteiger partial charge in [-0.2, -0.15) is 4.98 Å². The molecule has 0 bridgehead atoms. The summed E-state index contributed by atoms with van der Waals surface area (Å²) in [5, 5.41) is 3.44. The summed E-state index contributed by atoms with van der Waals surface area (Å²) in [5.74, 6) is 1.80. The van der Waals surface area contributed by atoms with Crippen molar-refractivity contribution in [3.63, 3.8) is 0 Å². The summed E-state index contributed by atoms with van der Waals surface area (Å²) in [4.78, 5) is 26.2. The molecule has 0 spiro atoms. The minimum Gasteiger partial charge on any atom is -0.495 e. The van der Waals surface area contributed by atoms with E-state index in [0.29, 0.717) is 29.0 Å². The van der Waals surface area contributed by atoms with E-state index >= 15 is 0 Å². The van der Waals surface area contributed by atoms with Gasteiger partial charge in [-0.25, -0.2) is 9.78 Å². The number of nitrogens with one attached hydrogen (secondary N) is 1. The number of ether oxygens (including phenoxy) is 2. The zero-order chi connectivity index (χ0) is 24.8. The molecule has 0 saturated carbocycles. The van der Waals surface area contributed by atoms with E-state index in [0.717, 1.165) is 24.8 Å². The highest BCUT2D eigenvalue weighted by Crippen LogP contribution is 2.48. The average molecular weight is 510 g/mol. The van der Waals surface area contributed by atoms with E-state index in [9.17, 15) is 4.79 Å². The third-order valence-corrected chi connectivity index (χ3v) is 6.78. The maximum atomic E-state index is 13.9. The highest BCUT2D eigenvalue weighted by molar-refractivity contribution is 6.42. The third-order valence-electron chi connectivity index (χ3n) is 6.05. The van der Waals surface area contributed by atoms with Gasteiger partial charge < -0.3 is 14.8 Å². The largest absolute Gasteiger partial charge is 0.495 e. The minimum absolute atomic E-state index is 0.0830. The molecule has 1 aromatic heterocycles. The molecule has 1 aliphatic heterocycles. The number of rotatable bonds is 11. The Hall–Kier alpha value is -2.45. The number of unbranched alkanes of at least 4 members (excludes halogenated alkanes) is 4. The minimum atomic E-state index is -0.256. The van der Waals surface area contributed by atoms with Gasteiger partial charge in [-0.3, -0.25) is 9.80 Å². The van der Waals surface area contributed by atoms with Gasteiger partial charge in [0.1, 0.15) is 27.4 Å². The van der Waals surface area contributed by atoms with Crippen LogP contribution in [0.5, 0.6) is 11.5 Å². The second kappa shape index (κ2) is 11.8. The monoisotopic (exact) mass is 509 g/mol. The standard InChI is InChI=1S/C24H33Cl2N5O3/c1-6-7-8-9-10-11-15(2)31-22-16(13-28-23(27-3)29-22)14-30(24(31)32)21-19(25)17(33-4)12-18(34-5)20(21)26/h12-13,15H,6-11,14H2,1-5H3,(H,27,28,29). The quantitative estimate of drug-likeness (QED) is 0.346. The second-order valence-corrected chi connectivity index (χ2v) is 9.10. The lowest BCUT2D eigenvalue weighted by atomic mass is 10.0. The van der Waals surface area contributed by atoms with Crippen LogP contribution in [-0.4, -0.2) is 43.3 Å². The van der Waals surface area contributed by atoms with Crippen LogP contribution in [0.15, 0.2) is 12.3 Å². The molecule has 1 aromatic carbocycles. The Morgan fingerprint density at radius 3 is 2.35 bits per heavy atom. The van der Waals surface area contributed by atoms with Gasteiger partial charge >= 0.3 is 6.03 Å². The fraction of sp³-hybridized carbons (Fsp3) is 0.542. The molecule has 0 saturated heterocycles. The number of aromatic nitrogens is 2. The van der Waals surface area contributed by atoms with Crippen LogP contribution in [0, 0.1) is 0 Å². The number of carbonyl (C=O) groups excluding carboxylic acids is 1.